The Morgan fingerprint density at radius 2 is 1.92 bits per heavy atom. The van der Waals surface area contributed by atoms with Crippen LogP contribution in [0.1, 0.15) is 0 Å². The van der Waals surface area contributed by atoms with Gasteiger partial charge in [0.25, 0.3) is 10.0 Å². The summed E-state index contributed by atoms with van der Waals surface area (Å²) in [5.41, 5.74) is 1.17. The number of anilines is 1. The van der Waals surface area contributed by atoms with Crippen molar-refractivity contribution in [3.05, 3.63) is 53.0 Å². The fourth-order valence-electron chi connectivity index (χ4n) is 2.43. The molecule has 0 radical (unpaired) electrons. The van der Waals surface area contributed by atoms with Crippen molar-refractivity contribution in [2.24, 2.45) is 7.05 Å². The Labute approximate surface area is 135 Å². The van der Waals surface area contributed by atoms with Gasteiger partial charge in [0, 0.05) is 13.1 Å². The van der Waals surface area contributed by atoms with Crippen molar-refractivity contribution in [3.63, 3.8) is 0 Å². The second-order valence-electron chi connectivity index (χ2n) is 5.19. The number of hydrogen-bond acceptors (Lipinski definition) is 6. The lowest BCUT2D eigenvalue weighted by atomic mass is 10.2. The molecule has 0 unspecified atom stereocenters. The van der Waals surface area contributed by atoms with Crippen LogP contribution in [0.3, 0.4) is 0 Å². The van der Waals surface area contributed by atoms with E-state index in [1.54, 1.807) is 31.3 Å². The van der Waals surface area contributed by atoms with Gasteiger partial charge >= 0.3 is 5.76 Å². The molecule has 2 aromatic carbocycles. The van der Waals surface area contributed by atoms with E-state index in [1.165, 1.54) is 22.8 Å². The molecule has 4 aromatic rings. The third kappa shape index (κ3) is 2.17. The third-order valence-electron chi connectivity index (χ3n) is 3.68. The molecule has 0 aliphatic carbocycles. The van der Waals surface area contributed by atoms with Crippen molar-refractivity contribution in [1.82, 2.24) is 9.72 Å². The van der Waals surface area contributed by atoms with Gasteiger partial charge in [-0.3, -0.25) is 9.29 Å². The summed E-state index contributed by atoms with van der Waals surface area (Å²) in [6.07, 6.45) is 0. The minimum absolute atomic E-state index is 0.0450. The van der Waals surface area contributed by atoms with Gasteiger partial charge in [-0.05, 0) is 24.3 Å². The van der Waals surface area contributed by atoms with Crippen LogP contribution in [0, 0.1) is 0 Å². The van der Waals surface area contributed by atoms with Crippen molar-refractivity contribution >= 4 is 37.9 Å². The molecule has 0 aliphatic rings. The van der Waals surface area contributed by atoms with Crippen molar-refractivity contribution in [2.75, 3.05) is 4.72 Å². The van der Waals surface area contributed by atoms with Crippen LogP contribution in [0.4, 0.5) is 5.82 Å². The zero-order chi connectivity index (χ0) is 16.9. The quantitative estimate of drug-likeness (QED) is 0.609. The lowest BCUT2D eigenvalue weighted by molar-refractivity contribution is 0.460. The van der Waals surface area contributed by atoms with Crippen LogP contribution in [0.25, 0.3) is 22.1 Å². The van der Waals surface area contributed by atoms with E-state index in [2.05, 4.69) is 9.88 Å². The predicted octanol–water partition coefficient (Wildman–Crippen LogP) is 2.07. The zero-order valence-corrected chi connectivity index (χ0v) is 13.2. The number of para-hydroxylation sites is 1. The topological polar surface area (TPSA) is 107 Å². The number of aromatic nitrogens is 2. The molecule has 0 saturated carbocycles. The van der Waals surface area contributed by atoms with Crippen molar-refractivity contribution < 1.29 is 17.4 Å². The Balaban J connectivity index is 1.78. The van der Waals surface area contributed by atoms with Gasteiger partial charge in [0.05, 0.1) is 15.8 Å². The fraction of sp³-hybridized carbons (Fsp3) is 0.0667. The fourth-order valence-corrected chi connectivity index (χ4v) is 3.46. The van der Waals surface area contributed by atoms with Crippen molar-refractivity contribution in [1.29, 1.82) is 0 Å². The number of benzene rings is 2. The van der Waals surface area contributed by atoms with E-state index >= 15 is 0 Å². The van der Waals surface area contributed by atoms with Gasteiger partial charge in [0.15, 0.2) is 17.0 Å². The van der Waals surface area contributed by atoms with Gasteiger partial charge in [-0.15, -0.1) is 0 Å². The van der Waals surface area contributed by atoms with Crippen LogP contribution in [0.15, 0.2) is 61.1 Å². The smallest absolute Gasteiger partial charge is 0.408 e. The number of nitrogens with zero attached hydrogens (tertiary/aromatic N) is 2. The highest BCUT2D eigenvalue weighted by Crippen LogP contribution is 2.25. The number of aryl methyl sites for hydroxylation is 1. The Morgan fingerprint density at radius 1 is 1.12 bits per heavy atom. The van der Waals surface area contributed by atoms with Gasteiger partial charge in [0.2, 0.25) is 0 Å². The van der Waals surface area contributed by atoms with Crippen LogP contribution in [0.5, 0.6) is 0 Å². The van der Waals surface area contributed by atoms with Crippen LogP contribution >= 0.6 is 0 Å². The maximum absolute atomic E-state index is 12.6. The van der Waals surface area contributed by atoms with E-state index in [1.807, 2.05) is 0 Å². The molecule has 0 aliphatic heterocycles. The molecular weight excluding hydrogens is 334 g/mol. The van der Waals surface area contributed by atoms with Crippen LogP contribution in [0.2, 0.25) is 0 Å². The van der Waals surface area contributed by atoms with Gasteiger partial charge in [0.1, 0.15) is 0 Å². The normalized spacial score (nSPS) is 12.0. The summed E-state index contributed by atoms with van der Waals surface area (Å²) in [4.78, 5) is 11.5. The second kappa shape index (κ2) is 4.96. The molecule has 0 atom stereocenters. The number of nitrogens with one attached hydrogen (secondary N) is 1. The minimum atomic E-state index is -3.91. The highest BCUT2D eigenvalue weighted by molar-refractivity contribution is 7.92. The maximum atomic E-state index is 12.6. The van der Waals surface area contributed by atoms with E-state index < -0.39 is 15.8 Å². The lowest BCUT2D eigenvalue weighted by Gasteiger charge is -2.05. The molecule has 0 amide bonds. The molecule has 4 rings (SSSR count). The van der Waals surface area contributed by atoms with Crippen molar-refractivity contribution in [2.45, 2.75) is 4.90 Å². The van der Waals surface area contributed by atoms with Gasteiger partial charge < -0.3 is 8.94 Å². The van der Waals surface area contributed by atoms with Gasteiger partial charge in [-0.2, -0.15) is 0 Å². The van der Waals surface area contributed by atoms with Gasteiger partial charge in [-0.25, -0.2) is 13.2 Å². The number of hydrogen-bond donors (Lipinski definition) is 1. The summed E-state index contributed by atoms with van der Waals surface area (Å²) in [6.45, 7) is 0. The number of sulfonamides is 1. The van der Waals surface area contributed by atoms with E-state index in [-0.39, 0.29) is 16.3 Å². The minimum Gasteiger partial charge on any atom is -0.408 e. The first-order valence-corrected chi connectivity index (χ1v) is 8.41. The molecule has 0 saturated heterocycles. The SMILES string of the molecule is Cn1c(=O)oc2cc(S(=O)(=O)Nc3noc4ccccc34)ccc21. The molecule has 1 N–H and O–H groups in total. The van der Waals surface area contributed by atoms with Crippen molar-refractivity contribution in [3.8, 4) is 0 Å². The van der Waals surface area contributed by atoms with Gasteiger partial charge in [-0.1, -0.05) is 17.3 Å². The summed E-state index contributed by atoms with van der Waals surface area (Å²) in [7, 11) is -2.37. The predicted molar refractivity (Wildman–Crippen MR) is 86.3 cm³/mol. The molecule has 24 heavy (non-hydrogen) atoms. The van der Waals surface area contributed by atoms with E-state index in [4.69, 9.17) is 8.94 Å². The first-order valence-electron chi connectivity index (χ1n) is 6.92. The average Bonchev–Trinajstić information content (AvgIpc) is 3.09. The Bertz CT molecular complexity index is 1230. The summed E-state index contributed by atoms with van der Waals surface area (Å²) < 4.78 is 38.9. The summed E-state index contributed by atoms with van der Waals surface area (Å²) in [5, 5.41) is 4.29. The molecule has 0 fully saturated rings. The maximum Gasteiger partial charge on any atom is 0.419 e. The second-order valence-corrected chi connectivity index (χ2v) is 6.87. The third-order valence-corrected chi connectivity index (χ3v) is 5.02. The molecule has 0 bridgehead atoms. The molecular formula is C15H11N3O5S. The standard InChI is InChI=1S/C15H11N3O5S/c1-18-11-7-6-9(8-13(11)22-15(18)19)24(20,21)17-14-10-4-2-3-5-12(10)23-16-14/h2-8H,1H3,(H,16,17). The summed E-state index contributed by atoms with van der Waals surface area (Å²) >= 11 is 0. The monoisotopic (exact) mass is 345 g/mol. The van der Waals surface area contributed by atoms with Crippen LogP contribution < -0.4 is 10.5 Å². The van der Waals surface area contributed by atoms with Crippen LogP contribution in [-0.4, -0.2) is 18.1 Å². The zero-order valence-electron chi connectivity index (χ0n) is 12.4. The molecule has 2 aromatic heterocycles. The Hall–Kier alpha value is -3.07. The van der Waals surface area contributed by atoms with Crippen LogP contribution in [-0.2, 0) is 17.1 Å². The molecule has 2 heterocycles. The Kier molecular flexibility index (Phi) is 3.00. The highest BCUT2D eigenvalue weighted by atomic mass is 32.2. The molecule has 8 nitrogen and oxygen atoms in total. The highest BCUT2D eigenvalue weighted by Gasteiger charge is 2.20. The van der Waals surface area contributed by atoms with E-state index in [9.17, 15) is 13.2 Å². The summed E-state index contributed by atoms with van der Waals surface area (Å²) in [6, 6.07) is 11.1. The number of oxazole rings is 1. The first-order chi connectivity index (χ1) is 11.5. The molecule has 9 heteroatoms. The van der Waals surface area contributed by atoms with E-state index in [0.29, 0.717) is 16.5 Å². The molecule has 122 valence electrons. The summed E-state index contributed by atoms with van der Waals surface area (Å²) in [5.74, 6) is -0.463. The Morgan fingerprint density at radius 3 is 2.75 bits per heavy atom. The number of rotatable bonds is 3. The average molecular weight is 345 g/mol. The van der Waals surface area contributed by atoms with E-state index in [0.717, 1.165) is 0 Å². The first kappa shape index (κ1) is 14.5. The largest absolute Gasteiger partial charge is 0.419 e. The molecule has 0 spiro atoms. The number of fused-ring (bicyclic) bond motifs is 2. The lowest BCUT2D eigenvalue weighted by Crippen LogP contribution is -2.13.